The zero-order valence-corrected chi connectivity index (χ0v) is 21.5. The van der Waals surface area contributed by atoms with Gasteiger partial charge in [0.15, 0.2) is 6.17 Å². The van der Waals surface area contributed by atoms with E-state index in [9.17, 15) is 19.9 Å². The molecule has 0 aliphatic carbocycles. The second-order valence-corrected chi connectivity index (χ2v) is 9.42. The number of aliphatic hydroxyl groups excluding tert-OH is 1. The summed E-state index contributed by atoms with van der Waals surface area (Å²) in [4.78, 5) is 21.1. The van der Waals surface area contributed by atoms with Gasteiger partial charge in [0, 0.05) is 13.3 Å². The van der Waals surface area contributed by atoms with Crippen molar-refractivity contribution in [3.63, 3.8) is 0 Å². The molecule has 1 amide bonds. The first-order valence-electron chi connectivity index (χ1n) is 12.8. The van der Waals surface area contributed by atoms with Crippen molar-refractivity contribution in [1.29, 1.82) is 0 Å². The summed E-state index contributed by atoms with van der Waals surface area (Å²) in [5, 5.41) is 29.9. The van der Waals surface area contributed by atoms with Gasteiger partial charge in [-0.2, -0.15) is 4.65 Å². The number of aliphatic carboxylic acids is 1. The number of unbranched alkanes of at least 4 members (excludes halogenated alkanes) is 14. The molecule has 0 aromatic rings. The molecule has 32 heavy (non-hydrogen) atoms. The van der Waals surface area contributed by atoms with Gasteiger partial charge in [0.05, 0.1) is 12.1 Å². The number of hydroxylamine groups is 3. The third-order valence-corrected chi connectivity index (χ3v) is 5.67. The third kappa shape index (κ3) is 25.1. The summed E-state index contributed by atoms with van der Waals surface area (Å²) >= 11 is 0. The molecule has 0 heterocycles. The van der Waals surface area contributed by atoms with Crippen LogP contribution in [0.3, 0.4) is 0 Å². The average molecular weight is 461 g/mol. The number of rotatable bonds is 19. The van der Waals surface area contributed by atoms with Gasteiger partial charge < -0.3 is 20.3 Å². The fourth-order valence-electron chi connectivity index (χ4n) is 3.12. The Kier molecular flexibility index (Phi) is 22.3. The Morgan fingerprint density at radius 2 is 1.09 bits per heavy atom. The normalized spacial score (nSPS) is 13.1. The average Bonchev–Trinajstić information content (AvgIpc) is 2.70. The lowest BCUT2D eigenvalue weighted by Gasteiger charge is -2.27. The van der Waals surface area contributed by atoms with Crippen LogP contribution >= 0.6 is 0 Å². The minimum atomic E-state index is -1.44. The highest BCUT2D eigenvalue weighted by Crippen LogP contribution is 2.13. The van der Waals surface area contributed by atoms with Gasteiger partial charge in [-0.25, -0.2) is 5.21 Å². The van der Waals surface area contributed by atoms with Crippen LogP contribution in [0.2, 0.25) is 0 Å². The molecule has 0 saturated heterocycles. The fourth-order valence-corrected chi connectivity index (χ4v) is 3.12. The monoisotopic (exact) mass is 460 g/mol. The molecule has 0 bridgehead atoms. The minimum Gasteiger partial charge on any atom is -0.547 e. The Balaban J connectivity index is 0. The van der Waals surface area contributed by atoms with Crippen LogP contribution in [-0.2, 0) is 9.59 Å². The van der Waals surface area contributed by atoms with E-state index in [1.54, 1.807) is 14.1 Å². The van der Waals surface area contributed by atoms with Crippen LogP contribution in [0.25, 0.3) is 0 Å². The molecule has 7 nitrogen and oxygen atoms in total. The van der Waals surface area contributed by atoms with Gasteiger partial charge in [0.2, 0.25) is 5.91 Å². The van der Waals surface area contributed by atoms with E-state index >= 15 is 0 Å². The molecule has 2 unspecified atom stereocenters. The van der Waals surface area contributed by atoms with Crippen LogP contribution in [0, 0.1) is 0 Å². The fraction of sp³-hybridized carbons (Fsp3) is 0.920. The predicted octanol–water partition coefficient (Wildman–Crippen LogP) is 4.29. The third-order valence-electron chi connectivity index (χ3n) is 5.67. The van der Waals surface area contributed by atoms with E-state index in [1.807, 2.05) is 6.92 Å². The lowest BCUT2D eigenvalue weighted by Crippen LogP contribution is -2.53. The van der Waals surface area contributed by atoms with Gasteiger partial charge in [-0.05, 0) is 13.3 Å². The van der Waals surface area contributed by atoms with Crippen molar-refractivity contribution >= 4 is 11.9 Å². The number of aliphatic hydroxyl groups is 1. The van der Waals surface area contributed by atoms with Crippen molar-refractivity contribution in [3.8, 4) is 0 Å². The lowest BCUT2D eigenvalue weighted by atomic mass is 10.0. The van der Waals surface area contributed by atoms with Crippen LogP contribution in [-0.4, -0.2) is 53.2 Å². The highest BCUT2D eigenvalue weighted by Gasteiger charge is 2.22. The Labute approximate surface area is 197 Å². The van der Waals surface area contributed by atoms with Crippen LogP contribution in [0.15, 0.2) is 0 Å². The van der Waals surface area contributed by atoms with Gasteiger partial charge in [0.25, 0.3) is 0 Å². The van der Waals surface area contributed by atoms with Gasteiger partial charge in [-0.3, -0.25) is 4.79 Å². The summed E-state index contributed by atoms with van der Waals surface area (Å²) in [6.07, 6.45) is 19.0. The molecule has 3 N–H and O–H groups in total. The number of amides is 1. The number of nitrogens with one attached hydrogen (secondary N) is 1. The van der Waals surface area contributed by atoms with E-state index in [0.717, 1.165) is 19.8 Å². The number of quaternary nitrogens is 1. The van der Waals surface area contributed by atoms with Crippen molar-refractivity contribution in [2.24, 2.45) is 0 Å². The molecule has 0 saturated carbocycles. The second-order valence-electron chi connectivity index (χ2n) is 9.42. The molecule has 0 radical (unpaired) electrons. The second kappa shape index (κ2) is 21.7. The number of carbonyl (C=O) groups excluding carboxylic acids is 2. The maximum absolute atomic E-state index is 11.8. The maximum Gasteiger partial charge on any atom is 0.224 e. The van der Waals surface area contributed by atoms with Crippen molar-refractivity contribution in [2.75, 3.05) is 14.1 Å². The highest BCUT2D eigenvalue weighted by molar-refractivity contribution is 5.75. The quantitative estimate of drug-likeness (QED) is 0.115. The van der Waals surface area contributed by atoms with E-state index in [2.05, 4.69) is 12.2 Å². The topological polar surface area (TPSA) is 110 Å². The first-order valence-corrected chi connectivity index (χ1v) is 12.8. The van der Waals surface area contributed by atoms with Crippen molar-refractivity contribution in [3.05, 3.63) is 0 Å². The van der Waals surface area contributed by atoms with Crippen LogP contribution in [0.4, 0.5) is 0 Å². The number of hydrogen-bond donors (Lipinski definition) is 3. The van der Waals surface area contributed by atoms with Gasteiger partial charge in [0.1, 0.15) is 14.1 Å². The molecule has 0 aliphatic heterocycles. The molecular weight excluding hydrogens is 408 g/mol. The number of hydrogen-bond acceptors (Lipinski definition) is 5. The van der Waals surface area contributed by atoms with Crippen LogP contribution in [0.5, 0.6) is 0 Å². The summed E-state index contributed by atoms with van der Waals surface area (Å²) in [6.45, 7) is 5.23. The van der Waals surface area contributed by atoms with Crippen LogP contribution in [0.1, 0.15) is 124 Å². The predicted molar refractivity (Wildman–Crippen MR) is 128 cm³/mol. The van der Waals surface area contributed by atoms with Crippen molar-refractivity contribution < 1.29 is 29.7 Å². The van der Waals surface area contributed by atoms with E-state index in [-0.39, 0.29) is 16.7 Å². The first kappa shape index (κ1) is 33.0. The number of carboxylic acid groups (broad SMARTS) is 1. The number of carbonyl (C=O) groups is 2. The van der Waals surface area contributed by atoms with E-state index < -0.39 is 12.1 Å². The largest absolute Gasteiger partial charge is 0.547 e. The lowest BCUT2D eigenvalue weighted by molar-refractivity contribution is -1.09. The zero-order valence-electron chi connectivity index (χ0n) is 21.5. The van der Waals surface area contributed by atoms with E-state index in [0.29, 0.717) is 6.42 Å². The van der Waals surface area contributed by atoms with E-state index in [4.69, 9.17) is 5.11 Å². The van der Waals surface area contributed by atoms with Crippen LogP contribution < -0.4 is 10.4 Å². The summed E-state index contributed by atoms with van der Waals surface area (Å²) in [6, 6.07) is 0. The first-order chi connectivity index (χ1) is 15.0. The molecule has 0 aromatic heterocycles. The van der Waals surface area contributed by atoms with Gasteiger partial charge in [-0.1, -0.05) is 96.8 Å². The van der Waals surface area contributed by atoms with Gasteiger partial charge >= 0.3 is 0 Å². The van der Waals surface area contributed by atoms with E-state index in [1.165, 1.54) is 83.5 Å². The molecule has 0 aromatic carbocycles. The number of carboxylic acids is 1. The Morgan fingerprint density at radius 3 is 1.38 bits per heavy atom. The molecule has 0 rings (SSSR count). The summed E-state index contributed by atoms with van der Waals surface area (Å²) in [7, 11) is 3.33. The molecule has 0 fully saturated rings. The Morgan fingerprint density at radius 1 is 0.781 bits per heavy atom. The molecule has 0 spiro atoms. The zero-order chi connectivity index (χ0) is 24.8. The summed E-state index contributed by atoms with van der Waals surface area (Å²) < 4.78 is -0.232. The standard InChI is InChI=1S/C22H46N2O2.C3H6O3/c1-5-6-7-8-9-10-11-12-13-14-15-16-17-18-19-20-22(25)23-21(2)24(3,4)26;1-2(4)3(5)6/h21,26H,5-20H2,1-4H3;2,4H,1H3,(H,5,6). The molecule has 2 atom stereocenters. The SMILES string of the molecule is CC(O)C(=O)[O-].CCCCCCCCCCCCCCCCCC(=O)NC(C)[N+](C)(C)O. The smallest absolute Gasteiger partial charge is 0.224 e. The maximum atomic E-state index is 11.8. The Bertz CT molecular complexity index is 450. The summed E-state index contributed by atoms with van der Waals surface area (Å²) in [5.41, 5.74) is 0. The number of nitrogens with zero attached hydrogens (tertiary/aromatic N) is 1. The summed E-state index contributed by atoms with van der Waals surface area (Å²) in [5.74, 6) is -1.39. The van der Waals surface area contributed by atoms with Gasteiger partial charge in [-0.15, -0.1) is 0 Å². The minimum absolute atomic E-state index is 0.0486. The van der Waals surface area contributed by atoms with Crippen molar-refractivity contribution in [2.45, 2.75) is 136 Å². The highest BCUT2D eigenvalue weighted by atomic mass is 16.5. The van der Waals surface area contributed by atoms with Crippen molar-refractivity contribution in [1.82, 2.24) is 5.32 Å². The Hall–Kier alpha value is -1.18. The molecule has 0 aliphatic rings. The molecular formula is C25H52N2O5. The molecule has 7 heteroatoms. The molecule has 192 valence electrons.